The zero-order valence-corrected chi connectivity index (χ0v) is 15.3. The van der Waals surface area contributed by atoms with Crippen LogP contribution in [0.2, 0.25) is 0 Å². The summed E-state index contributed by atoms with van der Waals surface area (Å²) in [6, 6.07) is 19.5. The van der Waals surface area contributed by atoms with E-state index in [1.54, 1.807) is 0 Å². The molecule has 0 fully saturated rings. The van der Waals surface area contributed by atoms with Crippen LogP contribution >= 0.6 is 0 Å². The van der Waals surface area contributed by atoms with Crippen molar-refractivity contribution in [3.63, 3.8) is 0 Å². The molecule has 0 aliphatic heterocycles. The Labute approximate surface area is 158 Å². The first-order valence-corrected chi connectivity index (χ1v) is 8.99. The van der Waals surface area contributed by atoms with E-state index in [0.717, 1.165) is 22.5 Å². The summed E-state index contributed by atoms with van der Waals surface area (Å²) in [6.45, 7) is 2.70. The fraction of sp³-hybridized carbons (Fsp3) is 0.238. The second-order valence-corrected chi connectivity index (χ2v) is 6.50. The van der Waals surface area contributed by atoms with Gasteiger partial charge in [-0.05, 0) is 18.1 Å². The summed E-state index contributed by atoms with van der Waals surface area (Å²) in [5.74, 6) is 0.0245. The topological polar surface area (TPSA) is 79.2 Å². The number of hydrogen-bond donors (Lipinski definition) is 3. The molecule has 3 rings (SSSR count). The minimum Gasteiger partial charge on any atom is -0.396 e. The first-order chi connectivity index (χ1) is 13.2. The highest BCUT2D eigenvalue weighted by Gasteiger charge is 2.13. The summed E-state index contributed by atoms with van der Waals surface area (Å²) in [4.78, 5) is 12.0. The number of aliphatic hydroxyl groups excluding tert-OH is 1. The Hall–Kier alpha value is -3.12. The maximum Gasteiger partial charge on any atom is 0.315 e. The molecule has 0 aliphatic carbocycles. The Morgan fingerprint density at radius 3 is 2.41 bits per heavy atom. The second kappa shape index (κ2) is 9.00. The summed E-state index contributed by atoms with van der Waals surface area (Å²) in [7, 11) is 0. The van der Waals surface area contributed by atoms with Gasteiger partial charge in [0.2, 0.25) is 0 Å². The zero-order chi connectivity index (χ0) is 19.1. The van der Waals surface area contributed by atoms with Gasteiger partial charge in [0.25, 0.3) is 0 Å². The van der Waals surface area contributed by atoms with Gasteiger partial charge in [0, 0.05) is 37.0 Å². The maximum absolute atomic E-state index is 12.0. The Balaban J connectivity index is 1.78. The van der Waals surface area contributed by atoms with E-state index in [0.29, 0.717) is 13.1 Å². The molecule has 0 aliphatic rings. The predicted octanol–water partition coefficient (Wildman–Crippen LogP) is 2.97. The number of urea groups is 1. The molecular weight excluding hydrogens is 340 g/mol. The Morgan fingerprint density at radius 1 is 1.07 bits per heavy atom. The van der Waals surface area contributed by atoms with Gasteiger partial charge in [-0.15, -0.1) is 0 Å². The van der Waals surface area contributed by atoms with Gasteiger partial charge in [-0.1, -0.05) is 55.5 Å². The van der Waals surface area contributed by atoms with Crippen molar-refractivity contribution in [3.05, 3.63) is 72.4 Å². The molecule has 2 amide bonds. The van der Waals surface area contributed by atoms with Gasteiger partial charge in [0.15, 0.2) is 0 Å². The predicted molar refractivity (Wildman–Crippen MR) is 105 cm³/mol. The van der Waals surface area contributed by atoms with E-state index in [9.17, 15) is 4.79 Å². The van der Waals surface area contributed by atoms with E-state index in [1.807, 2.05) is 78.5 Å². The minimum atomic E-state index is -0.262. The zero-order valence-electron chi connectivity index (χ0n) is 15.3. The number of nitrogens with one attached hydrogen (secondary N) is 2. The van der Waals surface area contributed by atoms with E-state index in [2.05, 4.69) is 10.6 Å². The average molecular weight is 364 g/mol. The normalized spacial score (nSPS) is 11.8. The molecule has 6 heteroatoms. The fourth-order valence-electron chi connectivity index (χ4n) is 2.66. The third kappa shape index (κ3) is 4.95. The fourth-order valence-corrected chi connectivity index (χ4v) is 2.66. The number of hydrogen-bond acceptors (Lipinski definition) is 3. The molecule has 3 aromatic rings. The smallest absolute Gasteiger partial charge is 0.315 e. The SMILES string of the molecule is CC(CO)CNC(=O)NCc1cn(-c2ccccc2)nc1-c1ccccc1. The lowest BCUT2D eigenvalue weighted by Gasteiger charge is -2.10. The largest absolute Gasteiger partial charge is 0.396 e. The second-order valence-electron chi connectivity index (χ2n) is 6.50. The number of nitrogens with zero attached hydrogens (tertiary/aromatic N) is 2. The highest BCUT2D eigenvalue weighted by atomic mass is 16.3. The van der Waals surface area contributed by atoms with E-state index in [1.165, 1.54) is 0 Å². The average Bonchev–Trinajstić information content (AvgIpc) is 3.16. The van der Waals surface area contributed by atoms with Crippen LogP contribution in [0.4, 0.5) is 4.79 Å². The van der Waals surface area contributed by atoms with Crippen LogP contribution in [0.25, 0.3) is 16.9 Å². The molecule has 0 saturated carbocycles. The summed E-state index contributed by atoms with van der Waals surface area (Å²) in [5, 5.41) is 19.4. The molecule has 1 heterocycles. The molecule has 27 heavy (non-hydrogen) atoms. The molecule has 0 saturated heterocycles. The van der Waals surface area contributed by atoms with Crippen molar-refractivity contribution < 1.29 is 9.90 Å². The molecule has 1 atom stereocenters. The highest BCUT2D eigenvalue weighted by molar-refractivity contribution is 5.74. The van der Waals surface area contributed by atoms with Gasteiger partial charge in [0.1, 0.15) is 0 Å². The molecule has 6 nitrogen and oxygen atoms in total. The van der Waals surface area contributed by atoms with Crippen molar-refractivity contribution in [2.75, 3.05) is 13.2 Å². The maximum atomic E-state index is 12.0. The van der Waals surface area contributed by atoms with Gasteiger partial charge >= 0.3 is 6.03 Å². The number of benzene rings is 2. The molecule has 1 aromatic heterocycles. The quantitative estimate of drug-likeness (QED) is 0.603. The van der Waals surface area contributed by atoms with Gasteiger partial charge in [-0.3, -0.25) is 0 Å². The molecule has 1 unspecified atom stereocenters. The van der Waals surface area contributed by atoms with Gasteiger partial charge in [-0.2, -0.15) is 5.10 Å². The van der Waals surface area contributed by atoms with Crippen LogP contribution < -0.4 is 10.6 Å². The minimum absolute atomic E-state index is 0.0245. The van der Waals surface area contributed by atoms with Crippen molar-refractivity contribution >= 4 is 6.03 Å². The lowest BCUT2D eigenvalue weighted by atomic mass is 10.1. The van der Waals surface area contributed by atoms with Crippen LogP contribution in [-0.2, 0) is 6.54 Å². The number of para-hydroxylation sites is 1. The number of carbonyl (C=O) groups excluding carboxylic acids is 1. The molecule has 2 aromatic carbocycles. The number of aliphatic hydroxyl groups is 1. The van der Waals surface area contributed by atoms with Crippen molar-refractivity contribution in [3.8, 4) is 16.9 Å². The molecule has 3 N–H and O–H groups in total. The van der Waals surface area contributed by atoms with Crippen LogP contribution in [0.3, 0.4) is 0 Å². The molecule has 0 spiro atoms. The molecule has 0 radical (unpaired) electrons. The Morgan fingerprint density at radius 2 is 1.74 bits per heavy atom. The van der Waals surface area contributed by atoms with Gasteiger partial charge in [0.05, 0.1) is 11.4 Å². The first kappa shape index (κ1) is 18.7. The third-order valence-corrected chi connectivity index (χ3v) is 4.22. The van der Waals surface area contributed by atoms with Crippen LogP contribution in [0, 0.1) is 5.92 Å². The molecule has 140 valence electrons. The van der Waals surface area contributed by atoms with Crippen molar-refractivity contribution in [1.82, 2.24) is 20.4 Å². The van der Waals surface area contributed by atoms with Crippen molar-refractivity contribution in [2.45, 2.75) is 13.5 Å². The molecular formula is C21H24N4O2. The van der Waals surface area contributed by atoms with Gasteiger partial charge < -0.3 is 15.7 Å². The van der Waals surface area contributed by atoms with Crippen molar-refractivity contribution in [1.29, 1.82) is 0 Å². The van der Waals surface area contributed by atoms with Gasteiger partial charge in [-0.25, -0.2) is 9.48 Å². The van der Waals surface area contributed by atoms with Crippen LogP contribution in [0.1, 0.15) is 12.5 Å². The summed E-state index contributed by atoms with van der Waals surface area (Å²) in [5.41, 5.74) is 3.72. The van der Waals surface area contributed by atoms with Crippen LogP contribution in [-0.4, -0.2) is 34.1 Å². The number of carbonyl (C=O) groups is 1. The number of amides is 2. The summed E-state index contributed by atoms with van der Waals surface area (Å²) < 4.78 is 1.82. The number of rotatable bonds is 7. The van der Waals surface area contributed by atoms with Crippen molar-refractivity contribution in [2.24, 2.45) is 5.92 Å². The van der Waals surface area contributed by atoms with Crippen LogP contribution in [0.15, 0.2) is 66.9 Å². The third-order valence-electron chi connectivity index (χ3n) is 4.22. The number of aromatic nitrogens is 2. The molecule has 0 bridgehead atoms. The van der Waals surface area contributed by atoms with E-state index < -0.39 is 0 Å². The Kier molecular flexibility index (Phi) is 6.22. The summed E-state index contributed by atoms with van der Waals surface area (Å²) in [6.07, 6.45) is 1.94. The first-order valence-electron chi connectivity index (χ1n) is 8.99. The standard InChI is InChI=1S/C21H24N4O2/c1-16(15-26)12-22-21(27)23-13-18-14-25(19-10-6-3-7-11-19)24-20(18)17-8-4-2-5-9-17/h2-11,14,16,26H,12-13,15H2,1H3,(H2,22,23,27). The summed E-state index contributed by atoms with van der Waals surface area (Å²) >= 11 is 0. The lowest BCUT2D eigenvalue weighted by molar-refractivity contribution is 0.222. The monoisotopic (exact) mass is 364 g/mol. The lowest BCUT2D eigenvalue weighted by Crippen LogP contribution is -2.38. The van der Waals surface area contributed by atoms with E-state index in [4.69, 9.17) is 10.2 Å². The van der Waals surface area contributed by atoms with E-state index in [-0.39, 0.29) is 18.6 Å². The Bertz CT molecular complexity index is 862. The highest BCUT2D eigenvalue weighted by Crippen LogP contribution is 2.23. The van der Waals surface area contributed by atoms with Crippen LogP contribution in [0.5, 0.6) is 0 Å². The van der Waals surface area contributed by atoms with E-state index >= 15 is 0 Å².